The van der Waals surface area contributed by atoms with E-state index in [1.54, 1.807) is 6.26 Å². The Labute approximate surface area is 111 Å². The van der Waals surface area contributed by atoms with Crippen LogP contribution in [-0.2, 0) is 6.18 Å². The first-order chi connectivity index (χ1) is 7.75. The molecule has 1 aromatic heterocycles. The number of hydrogen-bond donors (Lipinski definition) is 0. The fourth-order valence-corrected chi connectivity index (χ4v) is 1.71. The van der Waals surface area contributed by atoms with Gasteiger partial charge >= 0.3 is 6.18 Å². The number of hydrogen-bond acceptors (Lipinski definition) is 3. The highest BCUT2D eigenvalue weighted by Crippen LogP contribution is 2.32. The molecule has 0 bridgehead atoms. The minimum Gasteiger partial charge on any atom is -0.315 e. The summed E-state index contributed by atoms with van der Waals surface area (Å²) in [7, 11) is 1.54. The molecule has 0 aliphatic carbocycles. The van der Waals surface area contributed by atoms with Gasteiger partial charge in [0, 0.05) is 7.05 Å². The van der Waals surface area contributed by atoms with Crippen molar-refractivity contribution in [3.05, 3.63) is 22.8 Å². The molecule has 0 N–H and O–H groups in total. The number of aromatic nitrogens is 1. The molecule has 1 heterocycles. The van der Waals surface area contributed by atoms with Gasteiger partial charge in [-0.2, -0.15) is 13.2 Å². The maximum absolute atomic E-state index is 12.6. The molecule has 0 aromatic carbocycles. The van der Waals surface area contributed by atoms with Crippen LogP contribution in [0.4, 0.5) is 19.0 Å². The van der Waals surface area contributed by atoms with E-state index in [0.29, 0.717) is 4.32 Å². The van der Waals surface area contributed by atoms with Crippen LogP contribution in [0.1, 0.15) is 5.56 Å². The highest BCUT2D eigenvalue weighted by atomic mass is 35.5. The van der Waals surface area contributed by atoms with Gasteiger partial charge in [0.15, 0.2) is 0 Å². The fourth-order valence-electron chi connectivity index (χ4n) is 1.05. The molecule has 0 atom stereocenters. The first kappa shape index (κ1) is 14.5. The molecule has 94 valence electrons. The maximum atomic E-state index is 12.6. The third kappa shape index (κ3) is 3.72. The number of nitrogens with zero attached hydrogens (tertiary/aromatic N) is 2. The zero-order valence-corrected chi connectivity index (χ0v) is 11.3. The van der Waals surface area contributed by atoms with Crippen molar-refractivity contribution in [2.24, 2.45) is 0 Å². The normalized spacial score (nSPS) is 11.4. The molecule has 0 radical (unpaired) electrons. The summed E-state index contributed by atoms with van der Waals surface area (Å²) in [5.74, 6) is 0.0733. The van der Waals surface area contributed by atoms with E-state index in [2.05, 4.69) is 4.98 Å². The van der Waals surface area contributed by atoms with Gasteiger partial charge in [0.25, 0.3) is 0 Å². The lowest BCUT2D eigenvalue weighted by atomic mass is 10.2. The van der Waals surface area contributed by atoms with E-state index in [1.807, 2.05) is 0 Å². The average Bonchev–Trinajstić information content (AvgIpc) is 2.25. The Balaban J connectivity index is 3.18. The minimum atomic E-state index is -4.46. The second-order valence-electron chi connectivity index (χ2n) is 3.06. The Bertz CT molecular complexity index is 437. The summed E-state index contributed by atoms with van der Waals surface area (Å²) in [5, 5.41) is -0.217. The lowest BCUT2D eigenvalue weighted by Gasteiger charge is -2.19. The molecule has 0 spiro atoms. The molecular weight excluding hydrogens is 293 g/mol. The predicted octanol–water partition coefficient (Wildman–Crippen LogP) is 3.84. The topological polar surface area (TPSA) is 16.1 Å². The molecule has 2 nitrogen and oxygen atoms in total. The number of halogens is 4. The zero-order valence-electron chi connectivity index (χ0n) is 8.88. The van der Waals surface area contributed by atoms with Crippen molar-refractivity contribution >= 4 is 45.7 Å². The van der Waals surface area contributed by atoms with Gasteiger partial charge in [-0.05, 0) is 18.4 Å². The minimum absolute atomic E-state index is 0.0733. The second-order valence-corrected chi connectivity index (χ2v) is 4.89. The predicted molar refractivity (Wildman–Crippen MR) is 68.8 cm³/mol. The summed E-state index contributed by atoms with van der Waals surface area (Å²) in [4.78, 5) is 5.18. The Kier molecular flexibility index (Phi) is 4.62. The van der Waals surface area contributed by atoms with E-state index < -0.39 is 11.7 Å². The summed E-state index contributed by atoms with van der Waals surface area (Å²) in [5.41, 5.74) is -0.844. The first-order valence-electron chi connectivity index (χ1n) is 4.32. The van der Waals surface area contributed by atoms with Gasteiger partial charge in [-0.25, -0.2) is 4.98 Å². The maximum Gasteiger partial charge on any atom is 0.416 e. The summed E-state index contributed by atoms with van der Waals surface area (Å²) in [6.07, 6.45) is -2.73. The molecule has 0 aliphatic heterocycles. The van der Waals surface area contributed by atoms with Crippen LogP contribution >= 0.6 is 35.6 Å². The molecule has 0 amide bonds. The van der Waals surface area contributed by atoms with Gasteiger partial charge in [-0.1, -0.05) is 35.6 Å². The molecule has 8 heteroatoms. The van der Waals surface area contributed by atoms with Crippen LogP contribution in [0.5, 0.6) is 0 Å². The number of thioether (sulfide) groups is 1. The van der Waals surface area contributed by atoms with Crippen molar-refractivity contribution < 1.29 is 13.2 Å². The Morgan fingerprint density at radius 3 is 2.53 bits per heavy atom. The van der Waals surface area contributed by atoms with Crippen molar-refractivity contribution in [2.75, 3.05) is 18.2 Å². The van der Waals surface area contributed by atoms with Gasteiger partial charge in [0.05, 0.1) is 5.56 Å². The largest absolute Gasteiger partial charge is 0.416 e. The van der Waals surface area contributed by atoms with Gasteiger partial charge in [0.2, 0.25) is 0 Å². The Morgan fingerprint density at radius 1 is 1.47 bits per heavy atom. The summed E-state index contributed by atoms with van der Waals surface area (Å²) >= 11 is 11.8. The fraction of sp³-hybridized carbons (Fsp3) is 0.333. The van der Waals surface area contributed by atoms with E-state index in [4.69, 9.17) is 23.8 Å². The average molecular weight is 301 g/mol. The van der Waals surface area contributed by atoms with E-state index in [9.17, 15) is 13.2 Å². The van der Waals surface area contributed by atoms with Crippen LogP contribution < -0.4 is 4.90 Å². The number of alkyl halides is 3. The van der Waals surface area contributed by atoms with Crippen LogP contribution in [0.2, 0.25) is 5.15 Å². The number of rotatable bonds is 1. The first-order valence-corrected chi connectivity index (χ1v) is 6.33. The van der Waals surface area contributed by atoms with Gasteiger partial charge in [0.1, 0.15) is 15.3 Å². The molecule has 0 unspecified atom stereocenters. The van der Waals surface area contributed by atoms with Crippen molar-refractivity contribution in [1.29, 1.82) is 0 Å². The lowest BCUT2D eigenvalue weighted by molar-refractivity contribution is -0.137. The highest BCUT2D eigenvalue weighted by Gasteiger charge is 2.32. The SMILES string of the molecule is CSC(=S)N(C)c1cc(C(F)(F)F)cc(Cl)n1. The van der Waals surface area contributed by atoms with Gasteiger partial charge in [-0.15, -0.1) is 0 Å². The molecule has 1 aromatic rings. The molecule has 17 heavy (non-hydrogen) atoms. The molecule has 0 saturated heterocycles. The van der Waals surface area contributed by atoms with E-state index in [-0.39, 0.29) is 11.0 Å². The number of pyridine rings is 1. The summed E-state index contributed by atoms with van der Waals surface area (Å²) < 4.78 is 38.1. The van der Waals surface area contributed by atoms with Crippen LogP contribution in [-0.4, -0.2) is 22.6 Å². The van der Waals surface area contributed by atoms with Gasteiger partial charge < -0.3 is 4.90 Å². The lowest BCUT2D eigenvalue weighted by Crippen LogP contribution is -2.23. The van der Waals surface area contributed by atoms with Crippen LogP contribution in [0.25, 0.3) is 0 Å². The second kappa shape index (κ2) is 5.41. The quantitative estimate of drug-likeness (QED) is 0.578. The van der Waals surface area contributed by atoms with Crippen LogP contribution in [0.15, 0.2) is 12.1 Å². The number of thiocarbonyl (C=S) groups is 1. The zero-order chi connectivity index (χ0) is 13.2. The molecule has 0 fully saturated rings. The standard InChI is InChI=1S/C9H8ClF3N2S2/c1-15(8(16)17-2)7-4-5(9(11,12)13)3-6(10)14-7/h3-4H,1-2H3. The van der Waals surface area contributed by atoms with Crippen molar-refractivity contribution in [3.63, 3.8) is 0 Å². The molecular formula is C9H8ClF3N2S2. The monoisotopic (exact) mass is 300 g/mol. The third-order valence-corrected chi connectivity index (χ3v) is 3.49. The van der Waals surface area contributed by atoms with Crippen LogP contribution in [0, 0.1) is 0 Å². The summed E-state index contributed by atoms with van der Waals surface area (Å²) in [6.45, 7) is 0. The Morgan fingerprint density at radius 2 is 2.06 bits per heavy atom. The van der Waals surface area contributed by atoms with Crippen LogP contribution in [0.3, 0.4) is 0 Å². The molecule has 0 saturated carbocycles. The highest BCUT2D eigenvalue weighted by molar-refractivity contribution is 8.22. The molecule has 1 rings (SSSR count). The van der Waals surface area contributed by atoms with E-state index in [0.717, 1.165) is 12.1 Å². The van der Waals surface area contributed by atoms with E-state index >= 15 is 0 Å². The Hall–Kier alpha value is -0.530. The van der Waals surface area contributed by atoms with Gasteiger partial charge in [-0.3, -0.25) is 0 Å². The smallest absolute Gasteiger partial charge is 0.315 e. The molecule has 0 aliphatic rings. The van der Waals surface area contributed by atoms with E-state index in [1.165, 1.54) is 23.7 Å². The summed E-state index contributed by atoms with van der Waals surface area (Å²) in [6, 6.07) is 1.69. The van der Waals surface area contributed by atoms with Crippen molar-refractivity contribution in [1.82, 2.24) is 4.98 Å². The van der Waals surface area contributed by atoms with Crippen molar-refractivity contribution in [3.8, 4) is 0 Å². The van der Waals surface area contributed by atoms with Crippen molar-refractivity contribution in [2.45, 2.75) is 6.18 Å². The number of anilines is 1. The third-order valence-electron chi connectivity index (χ3n) is 1.90.